The molecule has 0 aromatic heterocycles. The van der Waals surface area contributed by atoms with Gasteiger partial charge in [-0.3, -0.25) is 4.90 Å². The van der Waals surface area contributed by atoms with Gasteiger partial charge in [-0.05, 0) is 34.9 Å². The van der Waals surface area contributed by atoms with Gasteiger partial charge in [-0.2, -0.15) is 0 Å². The van der Waals surface area contributed by atoms with Crippen LogP contribution in [0.4, 0.5) is 5.69 Å². The van der Waals surface area contributed by atoms with Gasteiger partial charge in [0.05, 0.1) is 0 Å². The SMILES string of the molecule is c1ccc(-c2cccc(CN3CCN(c4ccc5c(c4)OCO5)CC3)c2)cc1. The van der Waals surface area contributed by atoms with Crippen molar-refractivity contribution in [1.82, 2.24) is 4.90 Å². The van der Waals surface area contributed by atoms with Gasteiger partial charge in [0.15, 0.2) is 11.5 Å². The van der Waals surface area contributed by atoms with Crippen LogP contribution in [0, 0.1) is 0 Å². The van der Waals surface area contributed by atoms with E-state index in [1.807, 2.05) is 6.07 Å². The number of rotatable bonds is 4. The molecule has 0 radical (unpaired) electrons. The zero-order chi connectivity index (χ0) is 18.8. The van der Waals surface area contributed by atoms with Gasteiger partial charge in [0, 0.05) is 44.5 Å². The Bertz CT molecular complexity index is 950. The lowest BCUT2D eigenvalue weighted by atomic mass is 10.0. The van der Waals surface area contributed by atoms with Gasteiger partial charge in [-0.1, -0.05) is 48.5 Å². The molecule has 2 aliphatic rings. The van der Waals surface area contributed by atoms with E-state index in [2.05, 4.69) is 76.5 Å². The van der Waals surface area contributed by atoms with Crippen LogP contribution in [-0.4, -0.2) is 37.9 Å². The largest absolute Gasteiger partial charge is 0.454 e. The summed E-state index contributed by atoms with van der Waals surface area (Å²) in [6, 6.07) is 25.7. The zero-order valence-electron chi connectivity index (χ0n) is 15.9. The van der Waals surface area contributed by atoms with Crippen LogP contribution in [0.25, 0.3) is 11.1 Å². The van der Waals surface area contributed by atoms with Crippen LogP contribution in [0.5, 0.6) is 11.5 Å². The van der Waals surface area contributed by atoms with Crippen LogP contribution in [0.1, 0.15) is 5.56 Å². The van der Waals surface area contributed by atoms with Crippen LogP contribution >= 0.6 is 0 Å². The van der Waals surface area contributed by atoms with Gasteiger partial charge in [-0.15, -0.1) is 0 Å². The number of hydrogen-bond acceptors (Lipinski definition) is 4. The van der Waals surface area contributed by atoms with Crippen LogP contribution in [0.2, 0.25) is 0 Å². The number of nitrogens with zero attached hydrogens (tertiary/aromatic N) is 2. The minimum Gasteiger partial charge on any atom is -0.454 e. The topological polar surface area (TPSA) is 24.9 Å². The normalized spacial score (nSPS) is 16.4. The number of ether oxygens (including phenoxy) is 2. The molecule has 2 heterocycles. The van der Waals surface area contributed by atoms with E-state index in [-0.39, 0.29) is 0 Å². The second-order valence-electron chi connectivity index (χ2n) is 7.37. The summed E-state index contributed by atoms with van der Waals surface area (Å²) in [5.74, 6) is 1.71. The predicted molar refractivity (Wildman–Crippen MR) is 112 cm³/mol. The van der Waals surface area contributed by atoms with Crippen molar-refractivity contribution in [2.75, 3.05) is 37.9 Å². The first kappa shape index (κ1) is 17.1. The highest BCUT2D eigenvalue weighted by atomic mass is 16.7. The van der Waals surface area contributed by atoms with Crippen LogP contribution in [0.15, 0.2) is 72.8 Å². The van der Waals surface area contributed by atoms with Crippen molar-refractivity contribution in [2.45, 2.75) is 6.54 Å². The van der Waals surface area contributed by atoms with E-state index < -0.39 is 0 Å². The van der Waals surface area contributed by atoms with E-state index in [4.69, 9.17) is 9.47 Å². The summed E-state index contributed by atoms with van der Waals surface area (Å²) in [5.41, 5.74) is 5.15. The van der Waals surface area contributed by atoms with Crippen molar-refractivity contribution in [3.63, 3.8) is 0 Å². The van der Waals surface area contributed by atoms with Gasteiger partial charge in [0.25, 0.3) is 0 Å². The molecule has 1 saturated heterocycles. The number of fused-ring (bicyclic) bond motifs is 1. The molecule has 0 atom stereocenters. The summed E-state index contributed by atoms with van der Waals surface area (Å²) >= 11 is 0. The maximum absolute atomic E-state index is 5.52. The number of piperazine rings is 1. The van der Waals surface area contributed by atoms with Crippen molar-refractivity contribution in [3.8, 4) is 22.6 Å². The molecule has 142 valence electrons. The third-order valence-corrected chi connectivity index (χ3v) is 5.53. The lowest BCUT2D eigenvalue weighted by Crippen LogP contribution is -2.45. The minimum atomic E-state index is 0.328. The Kier molecular flexibility index (Phi) is 4.63. The molecule has 4 nitrogen and oxygen atoms in total. The summed E-state index contributed by atoms with van der Waals surface area (Å²) in [5, 5.41) is 0. The average molecular weight is 372 g/mol. The third-order valence-electron chi connectivity index (χ3n) is 5.53. The van der Waals surface area contributed by atoms with E-state index in [0.29, 0.717) is 6.79 Å². The Morgan fingerprint density at radius 1 is 0.679 bits per heavy atom. The molecule has 4 heteroatoms. The molecule has 0 amide bonds. The lowest BCUT2D eigenvalue weighted by Gasteiger charge is -2.36. The lowest BCUT2D eigenvalue weighted by molar-refractivity contribution is 0.174. The van der Waals surface area contributed by atoms with Crippen LogP contribution in [0.3, 0.4) is 0 Å². The quantitative estimate of drug-likeness (QED) is 0.678. The van der Waals surface area contributed by atoms with Crippen LogP contribution in [-0.2, 0) is 6.54 Å². The molecule has 0 bridgehead atoms. The highest BCUT2D eigenvalue weighted by molar-refractivity contribution is 5.64. The Labute approximate surface area is 165 Å². The molecule has 3 aromatic rings. The molecule has 5 rings (SSSR count). The minimum absolute atomic E-state index is 0.328. The molecular formula is C24H24N2O2. The molecule has 3 aromatic carbocycles. The summed E-state index contributed by atoms with van der Waals surface area (Å²) in [7, 11) is 0. The van der Waals surface area contributed by atoms with Gasteiger partial charge >= 0.3 is 0 Å². The fourth-order valence-corrected chi connectivity index (χ4v) is 3.98. The molecule has 28 heavy (non-hydrogen) atoms. The second-order valence-corrected chi connectivity index (χ2v) is 7.37. The van der Waals surface area contributed by atoms with Crippen molar-refractivity contribution in [2.24, 2.45) is 0 Å². The Balaban J connectivity index is 1.22. The Morgan fingerprint density at radius 3 is 2.32 bits per heavy atom. The van der Waals surface area contributed by atoms with E-state index >= 15 is 0 Å². The van der Waals surface area contributed by atoms with E-state index in [1.54, 1.807) is 0 Å². The molecular weight excluding hydrogens is 348 g/mol. The summed E-state index contributed by atoms with van der Waals surface area (Å²) in [4.78, 5) is 4.96. The monoisotopic (exact) mass is 372 g/mol. The average Bonchev–Trinajstić information content (AvgIpc) is 3.23. The van der Waals surface area contributed by atoms with E-state index in [1.165, 1.54) is 22.4 Å². The first-order chi connectivity index (χ1) is 13.8. The van der Waals surface area contributed by atoms with E-state index in [9.17, 15) is 0 Å². The molecule has 0 N–H and O–H groups in total. The molecule has 0 aliphatic carbocycles. The standard InChI is InChI=1S/C24H24N2O2/c1-2-6-20(7-3-1)21-8-4-5-19(15-21)17-25-11-13-26(14-12-25)22-9-10-23-24(16-22)28-18-27-23/h1-10,15-16H,11-14,17-18H2. The molecule has 0 saturated carbocycles. The van der Waals surface area contributed by atoms with Crippen molar-refractivity contribution in [1.29, 1.82) is 0 Å². The second kappa shape index (κ2) is 7.56. The molecule has 2 aliphatic heterocycles. The maximum Gasteiger partial charge on any atom is 0.231 e. The number of anilines is 1. The molecule has 1 fully saturated rings. The molecule has 0 unspecified atom stereocenters. The van der Waals surface area contributed by atoms with Crippen molar-refractivity contribution >= 4 is 5.69 Å². The summed E-state index contributed by atoms with van der Waals surface area (Å²) in [6.07, 6.45) is 0. The summed E-state index contributed by atoms with van der Waals surface area (Å²) in [6.45, 7) is 5.49. The highest BCUT2D eigenvalue weighted by Gasteiger charge is 2.20. The number of hydrogen-bond donors (Lipinski definition) is 0. The maximum atomic E-state index is 5.52. The van der Waals surface area contributed by atoms with Crippen molar-refractivity contribution < 1.29 is 9.47 Å². The smallest absolute Gasteiger partial charge is 0.231 e. The Hall–Kier alpha value is -2.98. The number of benzene rings is 3. The zero-order valence-corrected chi connectivity index (χ0v) is 15.9. The van der Waals surface area contributed by atoms with Gasteiger partial charge in [0.1, 0.15) is 0 Å². The first-order valence-electron chi connectivity index (χ1n) is 9.86. The summed E-state index contributed by atoms with van der Waals surface area (Å²) < 4.78 is 10.9. The molecule has 0 spiro atoms. The third kappa shape index (κ3) is 3.56. The fourth-order valence-electron chi connectivity index (χ4n) is 3.98. The van der Waals surface area contributed by atoms with Crippen LogP contribution < -0.4 is 14.4 Å². The van der Waals surface area contributed by atoms with Gasteiger partial charge in [-0.25, -0.2) is 0 Å². The fraction of sp³-hybridized carbons (Fsp3) is 0.250. The van der Waals surface area contributed by atoms with Crippen molar-refractivity contribution in [3.05, 3.63) is 78.4 Å². The van der Waals surface area contributed by atoms with Gasteiger partial charge < -0.3 is 14.4 Å². The van der Waals surface area contributed by atoms with Gasteiger partial charge in [0.2, 0.25) is 6.79 Å². The predicted octanol–water partition coefficient (Wildman–Crippen LogP) is 4.40. The Morgan fingerprint density at radius 2 is 1.46 bits per heavy atom. The first-order valence-corrected chi connectivity index (χ1v) is 9.86. The van der Waals surface area contributed by atoms with E-state index in [0.717, 1.165) is 44.2 Å². The highest BCUT2D eigenvalue weighted by Crippen LogP contribution is 2.35.